The third-order valence-electron chi connectivity index (χ3n) is 2.95. The third kappa shape index (κ3) is 3.30. The predicted molar refractivity (Wildman–Crippen MR) is 85.0 cm³/mol. The smallest absolute Gasteiger partial charge is 0.268 e. The monoisotopic (exact) mass is 355 g/mol. The van der Waals surface area contributed by atoms with Gasteiger partial charge in [-0.25, -0.2) is 4.98 Å². The first-order valence-corrected chi connectivity index (χ1v) is 8.19. The average Bonchev–Trinajstić information content (AvgIpc) is 2.98. The Morgan fingerprint density at radius 2 is 2.30 bits per heavy atom. The Bertz CT molecular complexity index is 590. The largest absolute Gasteiger partial charge is 0.342 e. The van der Waals surface area contributed by atoms with Gasteiger partial charge >= 0.3 is 0 Å². The second kappa shape index (κ2) is 6.10. The summed E-state index contributed by atoms with van der Waals surface area (Å²) in [6.45, 7) is 6.85. The number of carbonyl (C=O) groups is 1. The highest BCUT2D eigenvalue weighted by atomic mass is 79.9. The molecule has 0 aliphatic carbocycles. The molecule has 2 aromatic heterocycles. The molecule has 0 fully saturated rings. The van der Waals surface area contributed by atoms with Crippen molar-refractivity contribution >= 4 is 33.2 Å². The van der Waals surface area contributed by atoms with E-state index in [1.54, 1.807) is 17.5 Å². The molecule has 2 heterocycles. The summed E-state index contributed by atoms with van der Waals surface area (Å²) in [5.41, 5.74) is 0.197. The first kappa shape index (κ1) is 15.3. The van der Waals surface area contributed by atoms with Crippen molar-refractivity contribution in [3.63, 3.8) is 0 Å². The molecule has 0 bridgehead atoms. The van der Waals surface area contributed by atoms with Crippen molar-refractivity contribution in [1.29, 1.82) is 0 Å². The summed E-state index contributed by atoms with van der Waals surface area (Å²) >= 11 is 4.97. The number of hydrogen-bond acceptors (Lipinski definition) is 3. The molecule has 0 saturated heterocycles. The Kier molecular flexibility index (Phi) is 4.65. The van der Waals surface area contributed by atoms with E-state index < -0.39 is 5.54 Å². The van der Waals surface area contributed by atoms with Gasteiger partial charge in [-0.05, 0) is 42.3 Å². The highest BCUT2D eigenvalue weighted by Gasteiger charge is 2.27. The van der Waals surface area contributed by atoms with Gasteiger partial charge in [-0.1, -0.05) is 6.92 Å². The molecule has 0 aliphatic rings. The van der Waals surface area contributed by atoms with Crippen LogP contribution in [0.25, 0.3) is 0 Å². The van der Waals surface area contributed by atoms with Gasteiger partial charge in [0.1, 0.15) is 10.7 Å². The van der Waals surface area contributed by atoms with Crippen LogP contribution in [0.2, 0.25) is 0 Å². The predicted octanol–water partition coefficient (Wildman–Crippen LogP) is 3.78. The van der Waals surface area contributed by atoms with Crippen LogP contribution in [0.1, 0.15) is 42.7 Å². The molecule has 108 valence electrons. The van der Waals surface area contributed by atoms with E-state index >= 15 is 0 Å². The third-order valence-corrected chi connectivity index (χ3v) is 4.48. The Hall–Kier alpha value is -1.14. The summed E-state index contributed by atoms with van der Waals surface area (Å²) in [6, 6.07) is 1.85. The van der Waals surface area contributed by atoms with Gasteiger partial charge in [0.15, 0.2) is 0 Å². The number of hydrogen-bond donors (Lipinski definition) is 1. The van der Waals surface area contributed by atoms with Crippen LogP contribution >= 0.6 is 27.3 Å². The van der Waals surface area contributed by atoms with E-state index in [4.69, 9.17) is 0 Å². The van der Waals surface area contributed by atoms with E-state index in [1.807, 2.05) is 36.1 Å². The minimum Gasteiger partial charge on any atom is -0.342 e. The second-order valence-corrected chi connectivity index (χ2v) is 6.96. The standard InChI is InChI=1S/C14H18BrN3OS/c1-4-6-18-9-10(15)8-11(18)12(19)17-14(2,3)13-16-5-7-20-13/h5,7-9H,4,6H2,1-3H3,(H,17,19). The second-order valence-electron chi connectivity index (χ2n) is 5.15. The first-order chi connectivity index (χ1) is 9.44. The van der Waals surface area contributed by atoms with E-state index in [0.29, 0.717) is 5.69 Å². The maximum Gasteiger partial charge on any atom is 0.268 e. The number of carbonyl (C=O) groups excluding carboxylic acids is 1. The van der Waals surface area contributed by atoms with E-state index in [9.17, 15) is 4.79 Å². The normalized spacial score (nSPS) is 11.6. The molecule has 0 aliphatic heterocycles. The van der Waals surface area contributed by atoms with E-state index in [2.05, 4.69) is 33.2 Å². The molecule has 0 spiro atoms. The number of halogens is 1. The molecule has 6 heteroatoms. The summed E-state index contributed by atoms with van der Waals surface area (Å²) < 4.78 is 2.89. The molecular weight excluding hydrogens is 338 g/mol. The van der Waals surface area contributed by atoms with Crippen LogP contribution in [0, 0.1) is 0 Å². The number of nitrogens with one attached hydrogen (secondary N) is 1. The molecule has 0 unspecified atom stereocenters. The lowest BCUT2D eigenvalue weighted by Gasteiger charge is -2.24. The van der Waals surface area contributed by atoms with Crippen molar-refractivity contribution in [2.75, 3.05) is 0 Å². The van der Waals surface area contributed by atoms with Crippen LogP contribution in [0.3, 0.4) is 0 Å². The maximum atomic E-state index is 12.5. The van der Waals surface area contributed by atoms with Crippen molar-refractivity contribution in [1.82, 2.24) is 14.9 Å². The van der Waals surface area contributed by atoms with Gasteiger partial charge in [-0.15, -0.1) is 11.3 Å². The number of nitrogens with zero attached hydrogens (tertiary/aromatic N) is 2. The Balaban J connectivity index is 2.20. The van der Waals surface area contributed by atoms with Crippen LogP contribution in [0.4, 0.5) is 0 Å². The fraction of sp³-hybridized carbons (Fsp3) is 0.429. The fourth-order valence-electron chi connectivity index (χ4n) is 2.02. The zero-order valence-corrected chi connectivity index (χ0v) is 14.2. The molecule has 0 aromatic carbocycles. The summed E-state index contributed by atoms with van der Waals surface area (Å²) in [5.74, 6) is -0.0793. The van der Waals surface area contributed by atoms with Crippen LogP contribution < -0.4 is 5.32 Å². The van der Waals surface area contributed by atoms with Crippen LogP contribution in [-0.2, 0) is 12.1 Å². The molecule has 2 rings (SSSR count). The van der Waals surface area contributed by atoms with Gasteiger partial charge in [-0.2, -0.15) is 0 Å². The fourth-order valence-corrected chi connectivity index (χ4v) is 3.21. The summed E-state index contributed by atoms with van der Waals surface area (Å²) in [4.78, 5) is 16.8. The van der Waals surface area contributed by atoms with E-state index in [0.717, 1.165) is 22.4 Å². The lowest BCUT2D eigenvalue weighted by Crippen LogP contribution is -2.41. The van der Waals surface area contributed by atoms with Crippen molar-refractivity contribution in [3.05, 3.63) is 39.0 Å². The quantitative estimate of drug-likeness (QED) is 0.886. The minimum absolute atomic E-state index is 0.0793. The SMILES string of the molecule is CCCn1cc(Br)cc1C(=O)NC(C)(C)c1nccs1. The number of aromatic nitrogens is 2. The molecule has 20 heavy (non-hydrogen) atoms. The van der Waals surface area contributed by atoms with Crippen molar-refractivity contribution in [2.24, 2.45) is 0 Å². The summed E-state index contributed by atoms with van der Waals surface area (Å²) in [7, 11) is 0. The Morgan fingerprint density at radius 1 is 1.55 bits per heavy atom. The number of aryl methyl sites for hydroxylation is 1. The number of thiazole rings is 1. The average molecular weight is 356 g/mol. The van der Waals surface area contributed by atoms with E-state index in [1.165, 1.54) is 0 Å². The first-order valence-electron chi connectivity index (χ1n) is 6.52. The van der Waals surface area contributed by atoms with Crippen LogP contribution in [0.15, 0.2) is 28.3 Å². The van der Waals surface area contributed by atoms with E-state index in [-0.39, 0.29) is 5.91 Å². The molecule has 1 amide bonds. The minimum atomic E-state index is -0.473. The van der Waals surface area contributed by atoms with Crippen molar-refractivity contribution in [2.45, 2.75) is 39.3 Å². The molecule has 2 aromatic rings. The lowest BCUT2D eigenvalue weighted by atomic mass is 10.1. The van der Waals surface area contributed by atoms with Gasteiger partial charge in [0.2, 0.25) is 0 Å². The van der Waals surface area contributed by atoms with Crippen LogP contribution in [0.5, 0.6) is 0 Å². The number of amides is 1. The zero-order chi connectivity index (χ0) is 14.8. The zero-order valence-electron chi connectivity index (χ0n) is 11.8. The lowest BCUT2D eigenvalue weighted by molar-refractivity contribution is 0.0902. The van der Waals surface area contributed by atoms with Crippen LogP contribution in [-0.4, -0.2) is 15.5 Å². The molecule has 0 atom stereocenters. The molecule has 0 saturated carbocycles. The summed E-state index contributed by atoms with van der Waals surface area (Å²) in [5, 5.41) is 5.87. The van der Waals surface area contributed by atoms with Gasteiger partial charge in [0, 0.05) is 28.8 Å². The Morgan fingerprint density at radius 3 is 2.90 bits per heavy atom. The molecule has 1 N–H and O–H groups in total. The Labute approximate surface area is 131 Å². The van der Waals surface area contributed by atoms with Gasteiger partial charge in [0.25, 0.3) is 5.91 Å². The molecular formula is C14H18BrN3OS. The highest BCUT2D eigenvalue weighted by Crippen LogP contribution is 2.23. The topological polar surface area (TPSA) is 46.9 Å². The summed E-state index contributed by atoms with van der Waals surface area (Å²) in [6.07, 6.45) is 4.68. The van der Waals surface area contributed by atoms with Crippen molar-refractivity contribution in [3.8, 4) is 0 Å². The van der Waals surface area contributed by atoms with Gasteiger partial charge in [-0.3, -0.25) is 4.79 Å². The van der Waals surface area contributed by atoms with Gasteiger partial charge < -0.3 is 9.88 Å². The van der Waals surface area contributed by atoms with Crippen molar-refractivity contribution < 1.29 is 4.79 Å². The molecule has 0 radical (unpaired) electrons. The number of rotatable bonds is 5. The van der Waals surface area contributed by atoms with Gasteiger partial charge in [0.05, 0.1) is 5.54 Å². The highest BCUT2D eigenvalue weighted by molar-refractivity contribution is 9.10. The molecule has 4 nitrogen and oxygen atoms in total. The maximum absolute atomic E-state index is 12.5.